The first kappa shape index (κ1) is 23.6. The second-order valence-corrected chi connectivity index (χ2v) is 9.53. The van der Waals surface area contributed by atoms with E-state index in [0.29, 0.717) is 36.8 Å². The zero-order valence-corrected chi connectivity index (χ0v) is 19.1. The maximum Gasteiger partial charge on any atom is 0.252 e. The van der Waals surface area contributed by atoms with Gasteiger partial charge >= 0.3 is 0 Å². The first-order valence-electron chi connectivity index (χ1n) is 11.2. The SMILES string of the molecule is NC(=O)[C@H]1CC[C@@H](n2c(Nc3c(F)cc(Cl)cc3F)nc3cnc(NC4CC(F)(F)C4)nc32)CC1. The van der Waals surface area contributed by atoms with Crippen LogP contribution in [0.1, 0.15) is 44.6 Å². The summed E-state index contributed by atoms with van der Waals surface area (Å²) in [4.78, 5) is 24.7. The van der Waals surface area contributed by atoms with Crippen LogP contribution in [0.3, 0.4) is 0 Å². The Balaban J connectivity index is 1.51. The van der Waals surface area contributed by atoms with E-state index in [2.05, 4.69) is 25.6 Å². The lowest BCUT2D eigenvalue weighted by atomic mass is 9.85. The zero-order valence-electron chi connectivity index (χ0n) is 18.4. The molecule has 0 unspecified atom stereocenters. The first-order valence-corrected chi connectivity index (χ1v) is 11.6. The van der Waals surface area contributed by atoms with Crippen LogP contribution in [0, 0.1) is 17.6 Å². The zero-order chi connectivity index (χ0) is 24.9. The number of nitrogens with one attached hydrogen (secondary N) is 2. The number of primary amides is 1. The molecule has 13 heteroatoms. The Labute approximate surface area is 202 Å². The van der Waals surface area contributed by atoms with Gasteiger partial charge in [-0.25, -0.2) is 27.5 Å². The van der Waals surface area contributed by atoms with Gasteiger partial charge in [-0.3, -0.25) is 9.36 Å². The van der Waals surface area contributed by atoms with Crippen molar-refractivity contribution in [3.8, 4) is 0 Å². The van der Waals surface area contributed by atoms with Crippen molar-refractivity contribution in [1.82, 2.24) is 19.5 Å². The molecule has 0 spiro atoms. The Morgan fingerprint density at radius 1 is 1.11 bits per heavy atom. The van der Waals surface area contributed by atoms with Crippen molar-refractivity contribution >= 4 is 46.3 Å². The number of nitrogens with two attached hydrogens (primary N) is 1. The smallest absolute Gasteiger partial charge is 0.252 e. The van der Waals surface area contributed by atoms with Gasteiger partial charge in [0.1, 0.15) is 11.2 Å². The number of rotatable bonds is 6. The molecule has 8 nitrogen and oxygen atoms in total. The topological polar surface area (TPSA) is 111 Å². The lowest BCUT2D eigenvalue weighted by Crippen LogP contribution is -2.44. The summed E-state index contributed by atoms with van der Waals surface area (Å²) < 4.78 is 57.2. The fourth-order valence-electron chi connectivity index (χ4n) is 4.73. The van der Waals surface area contributed by atoms with Gasteiger partial charge in [0.15, 0.2) is 17.3 Å². The van der Waals surface area contributed by atoms with E-state index in [1.54, 1.807) is 4.57 Å². The van der Waals surface area contributed by atoms with E-state index in [0.717, 1.165) is 12.1 Å². The van der Waals surface area contributed by atoms with E-state index in [4.69, 9.17) is 17.3 Å². The van der Waals surface area contributed by atoms with E-state index in [1.165, 1.54) is 6.20 Å². The summed E-state index contributed by atoms with van der Waals surface area (Å²) in [5.41, 5.74) is 5.75. The molecular weight excluding hydrogens is 490 g/mol. The molecular formula is C22H22ClF4N7O. The average Bonchev–Trinajstić information content (AvgIpc) is 3.12. The molecule has 0 atom stereocenters. The molecule has 4 N–H and O–H groups in total. The predicted molar refractivity (Wildman–Crippen MR) is 122 cm³/mol. The van der Waals surface area contributed by atoms with Crippen LogP contribution in [-0.4, -0.2) is 37.4 Å². The predicted octanol–water partition coefficient (Wildman–Crippen LogP) is 4.93. The largest absolute Gasteiger partial charge is 0.369 e. The number of imidazole rings is 1. The Hall–Kier alpha value is -3.15. The van der Waals surface area contributed by atoms with Crippen molar-refractivity contribution < 1.29 is 22.4 Å². The molecule has 2 saturated carbocycles. The van der Waals surface area contributed by atoms with Gasteiger partial charge in [0, 0.05) is 35.9 Å². The summed E-state index contributed by atoms with van der Waals surface area (Å²) in [6.45, 7) is 0. The molecule has 0 aliphatic heterocycles. The standard InChI is InChI=1S/C22H22ClF4N7O/c23-11-5-14(24)17(15(25)6-11)32-21-31-16-9-29-20(30-12-7-22(26,27)8-12)33-19(16)34(21)13-3-1-10(2-4-13)18(28)35/h5-6,9-10,12-13H,1-4,7-8H2,(H2,28,35)(H,31,32)(H,29,30,33)/t10-,13+. The van der Waals surface area contributed by atoms with Crippen molar-refractivity contribution in [3.63, 3.8) is 0 Å². The number of nitrogens with zero attached hydrogens (tertiary/aromatic N) is 4. The minimum Gasteiger partial charge on any atom is -0.369 e. The number of alkyl halides is 2. The van der Waals surface area contributed by atoms with Crippen molar-refractivity contribution in [2.45, 2.75) is 56.5 Å². The molecule has 0 saturated heterocycles. The van der Waals surface area contributed by atoms with Crippen molar-refractivity contribution in [2.75, 3.05) is 10.6 Å². The molecule has 2 heterocycles. The van der Waals surface area contributed by atoms with Gasteiger partial charge < -0.3 is 16.4 Å². The molecule has 3 aromatic rings. The molecule has 1 aromatic carbocycles. The Bertz CT molecular complexity index is 1260. The minimum absolute atomic E-state index is 0.0908. The third kappa shape index (κ3) is 4.71. The highest BCUT2D eigenvalue weighted by Gasteiger charge is 2.45. The maximum atomic E-state index is 14.5. The molecule has 2 aliphatic carbocycles. The molecule has 2 fully saturated rings. The number of fused-ring (bicyclic) bond motifs is 1. The highest BCUT2D eigenvalue weighted by Crippen LogP contribution is 2.40. The van der Waals surface area contributed by atoms with E-state index >= 15 is 0 Å². The average molecular weight is 512 g/mol. The summed E-state index contributed by atoms with van der Waals surface area (Å²) in [5, 5.41) is 5.53. The maximum absolute atomic E-state index is 14.5. The quantitative estimate of drug-likeness (QED) is 0.405. The van der Waals surface area contributed by atoms with Crippen LogP contribution in [0.25, 0.3) is 11.2 Å². The van der Waals surface area contributed by atoms with Crippen molar-refractivity contribution in [3.05, 3.63) is 35.0 Å². The summed E-state index contributed by atoms with van der Waals surface area (Å²) >= 11 is 5.74. The van der Waals surface area contributed by atoms with Crippen LogP contribution >= 0.6 is 11.6 Å². The Morgan fingerprint density at radius 3 is 2.37 bits per heavy atom. The van der Waals surface area contributed by atoms with Gasteiger partial charge in [-0.1, -0.05) is 11.6 Å². The van der Waals surface area contributed by atoms with E-state index in [9.17, 15) is 22.4 Å². The normalized spacial score (nSPS) is 22.1. The molecule has 5 rings (SSSR count). The number of hydrogen-bond acceptors (Lipinski definition) is 6. The van der Waals surface area contributed by atoms with E-state index < -0.39 is 29.3 Å². The fraction of sp³-hybridized carbons (Fsp3) is 0.455. The minimum atomic E-state index is -2.70. The fourth-order valence-corrected chi connectivity index (χ4v) is 4.92. The number of carbonyl (C=O) groups excluding carboxylic acids is 1. The highest BCUT2D eigenvalue weighted by atomic mass is 35.5. The van der Waals surface area contributed by atoms with Crippen molar-refractivity contribution in [2.24, 2.45) is 11.7 Å². The monoisotopic (exact) mass is 511 g/mol. The van der Waals surface area contributed by atoms with Crippen LogP contribution in [0.4, 0.5) is 35.1 Å². The Morgan fingerprint density at radius 2 is 1.77 bits per heavy atom. The molecule has 0 radical (unpaired) electrons. The second kappa shape index (κ2) is 8.81. The van der Waals surface area contributed by atoms with Crippen LogP contribution in [0.5, 0.6) is 0 Å². The van der Waals surface area contributed by atoms with Gasteiger partial charge in [-0.15, -0.1) is 0 Å². The number of anilines is 3. The molecule has 0 bridgehead atoms. The number of aromatic nitrogens is 4. The number of halogens is 5. The summed E-state index contributed by atoms with van der Waals surface area (Å²) in [6, 6.07) is 1.30. The number of hydrogen-bond donors (Lipinski definition) is 3. The summed E-state index contributed by atoms with van der Waals surface area (Å²) in [5.74, 6) is -4.84. The third-order valence-corrected chi connectivity index (χ3v) is 6.78. The Kier molecular flexibility index (Phi) is 5.94. The summed E-state index contributed by atoms with van der Waals surface area (Å²) in [7, 11) is 0. The lowest BCUT2D eigenvalue weighted by molar-refractivity contribution is -0.122. The molecule has 1 amide bonds. The van der Waals surface area contributed by atoms with Gasteiger partial charge in [0.25, 0.3) is 5.92 Å². The van der Waals surface area contributed by atoms with Crippen LogP contribution < -0.4 is 16.4 Å². The van der Waals surface area contributed by atoms with Crippen LogP contribution in [-0.2, 0) is 4.79 Å². The van der Waals surface area contributed by atoms with Crippen LogP contribution in [0.15, 0.2) is 18.3 Å². The van der Waals surface area contributed by atoms with E-state index in [-0.39, 0.29) is 47.6 Å². The number of carbonyl (C=O) groups is 1. The van der Waals surface area contributed by atoms with Gasteiger partial charge in [-0.2, -0.15) is 4.98 Å². The molecule has 35 heavy (non-hydrogen) atoms. The number of amides is 1. The highest BCUT2D eigenvalue weighted by molar-refractivity contribution is 6.30. The van der Waals surface area contributed by atoms with E-state index in [1.807, 2.05) is 0 Å². The third-order valence-electron chi connectivity index (χ3n) is 6.56. The first-order chi connectivity index (χ1) is 16.6. The molecule has 2 aliphatic rings. The summed E-state index contributed by atoms with van der Waals surface area (Å²) in [6.07, 6.45) is 2.99. The van der Waals surface area contributed by atoms with Gasteiger partial charge in [0.2, 0.25) is 17.8 Å². The molecule has 186 valence electrons. The van der Waals surface area contributed by atoms with Crippen LogP contribution in [0.2, 0.25) is 5.02 Å². The lowest BCUT2D eigenvalue weighted by Gasteiger charge is -2.35. The number of benzene rings is 1. The van der Waals surface area contributed by atoms with Gasteiger partial charge in [-0.05, 0) is 37.8 Å². The van der Waals surface area contributed by atoms with Crippen molar-refractivity contribution in [1.29, 1.82) is 0 Å². The second-order valence-electron chi connectivity index (χ2n) is 9.09. The van der Waals surface area contributed by atoms with Gasteiger partial charge in [0.05, 0.1) is 6.20 Å². The molecule has 2 aromatic heterocycles.